The van der Waals surface area contributed by atoms with Crippen LogP contribution in [-0.2, 0) is 10.0 Å². The van der Waals surface area contributed by atoms with Gasteiger partial charge in [0, 0.05) is 19.0 Å². The van der Waals surface area contributed by atoms with Gasteiger partial charge in [0.25, 0.3) is 0 Å². The van der Waals surface area contributed by atoms with Gasteiger partial charge in [0.2, 0.25) is 10.0 Å². The monoisotopic (exact) mass is 257 g/mol. The summed E-state index contributed by atoms with van der Waals surface area (Å²) in [5.41, 5.74) is 0. The van der Waals surface area contributed by atoms with Crippen molar-refractivity contribution < 1.29 is 13.5 Å². The SMILES string of the molecule is O=S(=O)(CCCCl)NCCCCCCO. The van der Waals surface area contributed by atoms with Crippen LogP contribution in [0.5, 0.6) is 0 Å². The van der Waals surface area contributed by atoms with E-state index in [1.165, 1.54) is 0 Å². The summed E-state index contributed by atoms with van der Waals surface area (Å²) in [5, 5.41) is 8.53. The second kappa shape index (κ2) is 9.39. The topological polar surface area (TPSA) is 66.4 Å². The van der Waals surface area contributed by atoms with Gasteiger partial charge in [-0.3, -0.25) is 0 Å². The molecule has 0 bridgehead atoms. The molecule has 0 aliphatic rings. The summed E-state index contributed by atoms with van der Waals surface area (Å²) >= 11 is 5.41. The Balaban J connectivity index is 3.41. The normalized spacial score (nSPS) is 11.9. The third-order valence-corrected chi connectivity index (χ3v) is 3.69. The summed E-state index contributed by atoms with van der Waals surface area (Å²) in [4.78, 5) is 0. The fraction of sp³-hybridized carbons (Fsp3) is 1.00. The van der Waals surface area contributed by atoms with Gasteiger partial charge >= 0.3 is 0 Å². The lowest BCUT2D eigenvalue weighted by molar-refractivity contribution is 0.282. The van der Waals surface area contributed by atoms with Gasteiger partial charge < -0.3 is 5.11 Å². The molecule has 0 fully saturated rings. The smallest absolute Gasteiger partial charge is 0.211 e. The molecule has 0 atom stereocenters. The second-order valence-electron chi connectivity index (χ2n) is 3.39. The molecule has 0 rings (SSSR count). The van der Waals surface area contributed by atoms with E-state index in [9.17, 15) is 8.42 Å². The zero-order chi connectivity index (χ0) is 11.6. The minimum atomic E-state index is -3.12. The average Bonchev–Trinajstić information content (AvgIpc) is 2.20. The van der Waals surface area contributed by atoms with Crippen LogP contribution >= 0.6 is 11.6 Å². The first kappa shape index (κ1) is 15.2. The lowest BCUT2D eigenvalue weighted by Gasteiger charge is -2.05. The summed E-state index contributed by atoms with van der Waals surface area (Å²) in [6.07, 6.45) is 3.99. The number of alkyl halides is 1. The Morgan fingerprint density at radius 1 is 1.07 bits per heavy atom. The largest absolute Gasteiger partial charge is 0.396 e. The number of unbranched alkanes of at least 4 members (excludes halogenated alkanes) is 3. The molecule has 2 N–H and O–H groups in total. The number of nitrogens with one attached hydrogen (secondary N) is 1. The van der Waals surface area contributed by atoms with Crippen molar-refractivity contribution in [3.8, 4) is 0 Å². The maximum atomic E-state index is 11.3. The second-order valence-corrected chi connectivity index (χ2v) is 5.70. The summed E-state index contributed by atoms with van der Waals surface area (Å²) < 4.78 is 25.1. The molecular formula is C9H20ClNO3S. The van der Waals surface area contributed by atoms with Crippen LogP contribution in [-0.4, -0.2) is 38.3 Å². The Hall–Kier alpha value is 0.160. The molecule has 92 valence electrons. The third-order valence-electron chi connectivity index (χ3n) is 1.95. The van der Waals surface area contributed by atoms with E-state index in [4.69, 9.17) is 16.7 Å². The van der Waals surface area contributed by atoms with Crippen molar-refractivity contribution in [2.45, 2.75) is 32.1 Å². The number of hydrogen-bond acceptors (Lipinski definition) is 3. The van der Waals surface area contributed by atoms with Crippen LogP contribution in [0.1, 0.15) is 32.1 Å². The highest BCUT2D eigenvalue weighted by atomic mass is 35.5. The van der Waals surface area contributed by atoms with Gasteiger partial charge in [0.1, 0.15) is 0 Å². The van der Waals surface area contributed by atoms with E-state index in [1.807, 2.05) is 0 Å². The van der Waals surface area contributed by atoms with Crippen LogP contribution in [0.3, 0.4) is 0 Å². The minimum absolute atomic E-state index is 0.104. The molecule has 0 amide bonds. The Labute approximate surface area is 97.1 Å². The van der Waals surface area contributed by atoms with Crippen molar-refractivity contribution in [1.82, 2.24) is 4.72 Å². The molecule has 15 heavy (non-hydrogen) atoms. The maximum absolute atomic E-state index is 11.3. The van der Waals surface area contributed by atoms with Gasteiger partial charge in [-0.25, -0.2) is 13.1 Å². The van der Waals surface area contributed by atoms with Gasteiger partial charge in [-0.2, -0.15) is 0 Å². The fourth-order valence-corrected chi connectivity index (χ4v) is 2.55. The highest BCUT2D eigenvalue weighted by Gasteiger charge is 2.07. The molecule has 0 aliphatic heterocycles. The molecule has 4 nitrogen and oxygen atoms in total. The third kappa shape index (κ3) is 10.4. The Kier molecular flexibility index (Phi) is 9.49. The molecule has 0 aromatic heterocycles. The Morgan fingerprint density at radius 2 is 1.73 bits per heavy atom. The molecule has 0 saturated carbocycles. The number of aliphatic hydroxyl groups excluding tert-OH is 1. The summed E-state index contributed by atoms with van der Waals surface area (Å²) in [6.45, 7) is 0.692. The molecule has 0 aliphatic carbocycles. The van der Waals surface area contributed by atoms with E-state index >= 15 is 0 Å². The molecular weight excluding hydrogens is 238 g/mol. The number of halogens is 1. The highest BCUT2D eigenvalue weighted by Crippen LogP contribution is 1.99. The van der Waals surface area contributed by atoms with Crippen molar-refractivity contribution in [1.29, 1.82) is 0 Å². The van der Waals surface area contributed by atoms with Crippen LogP contribution in [0.15, 0.2) is 0 Å². The van der Waals surface area contributed by atoms with Crippen molar-refractivity contribution in [3.05, 3.63) is 0 Å². The quantitative estimate of drug-likeness (QED) is 0.455. The van der Waals surface area contributed by atoms with Gasteiger partial charge in [0.15, 0.2) is 0 Å². The van der Waals surface area contributed by atoms with Crippen molar-refractivity contribution in [3.63, 3.8) is 0 Å². The number of aliphatic hydroxyl groups is 1. The van der Waals surface area contributed by atoms with Crippen LogP contribution in [0.25, 0.3) is 0 Å². The summed E-state index contributed by atoms with van der Waals surface area (Å²) in [5.74, 6) is 0.477. The van der Waals surface area contributed by atoms with Gasteiger partial charge in [-0.05, 0) is 19.3 Å². The predicted octanol–water partition coefficient (Wildman–Crippen LogP) is 1.09. The fourth-order valence-electron chi connectivity index (χ4n) is 1.13. The van der Waals surface area contributed by atoms with Crippen molar-refractivity contribution in [2.24, 2.45) is 0 Å². The lowest BCUT2D eigenvalue weighted by atomic mass is 10.2. The van der Waals surface area contributed by atoms with Gasteiger partial charge in [-0.15, -0.1) is 11.6 Å². The van der Waals surface area contributed by atoms with E-state index in [0.29, 0.717) is 18.8 Å². The average molecular weight is 258 g/mol. The molecule has 0 radical (unpaired) electrons. The predicted molar refractivity (Wildman–Crippen MR) is 62.7 cm³/mol. The van der Waals surface area contributed by atoms with Crippen molar-refractivity contribution in [2.75, 3.05) is 24.8 Å². The molecule has 0 spiro atoms. The van der Waals surface area contributed by atoms with E-state index in [-0.39, 0.29) is 12.4 Å². The first-order valence-corrected chi connectivity index (χ1v) is 7.45. The summed E-state index contributed by atoms with van der Waals surface area (Å²) in [7, 11) is -3.12. The lowest BCUT2D eigenvalue weighted by Crippen LogP contribution is -2.27. The maximum Gasteiger partial charge on any atom is 0.211 e. The molecule has 0 saturated heterocycles. The standard InChI is InChI=1S/C9H20ClNO3S/c10-6-5-9-15(13,14)11-7-3-1-2-4-8-12/h11-12H,1-9H2. The highest BCUT2D eigenvalue weighted by molar-refractivity contribution is 7.89. The van der Waals surface area contributed by atoms with Crippen LogP contribution in [0, 0.1) is 0 Å². The number of rotatable bonds is 10. The molecule has 6 heteroatoms. The summed E-state index contributed by atoms with van der Waals surface area (Å²) in [6, 6.07) is 0. The van der Waals surface area contributed by atoms with E-state index in [0.717, 1.165) is 25.7 Å². The zero-order valence-electron chi connectivity index (χ0n) is 8.91. The first-order chi connectivity index (χ1) is 7.12. The molecule has 0 heterocycles. The number of hydrogen-bond donors (Lipinski definition) is 2. The Morgan fingerprint density at radius 3 is 2.33 bits per heavy atom. The van der Waals surface area contributed by atoms with Crippen molar-refractivity contribution >= 4 is 21.6 Å². The number of sulfonamides is 1. The molecule has 0 unspecified atom stereocenters. The Bertz CT molecular complexity index is 232. The van der Waals surface area contributed by atoms with Crippen LogP contribution < -0.4 is 4.72 Å². The minimum Gasteiger partial charge on any atom is -0.396 e. The van der Waals surface area contributed by atoms with Crippen LogP contribution in [0.4, 0.5) is 0 Å². The molecule has 0 aromatic carbocycles. The van der Waals surface area contributed by atoms with Gasteiger partial charge in [0.05, 0.1) is 5.75 Å². The first-order valence-electron chi connectivity index (χ1n) is 5.26. The van der Waals surface area contributed by atoms with Crippen LogP contribution in [0.2, 0.25) is 0 Å². The molecule has 0 aromatic rings. The zero-order valence-corrected chi connectivity index (χ0v) is 10.5. The van der Waals surface area contributed by atoms with E-state index < -0.39 is 10.0 Å². The van der Waals surface area contributed by atoms with E-state index in [1.54, 1.807) is 0 Å². The van der Waals surface area contributed by atoms with Gasteiger partial charge in [-0.1, -0.05) is 12.8 Å². The van der Waals surface area contributed by atoms with E-state index in [2.05, 4.69) is 4.72 Å².